The van der Waals surface area contributed by atoms with Crippen LogP contribution >= 0.6 is 0 Å². The highest BCUT2D eigenvalue weighted by Gasteiger charge is 2.46. The molecule has 6 heteroatoms. The average molecular weight is 271 g/mol. The maximum atomic E-state index is 5.56. The van der Waals surface area contributed by atoms with Crippen molar-refractivity contribution in [3.8, 4) is 0 Å². The first-order valence-electron chi connectivity index (χ1n) is 6.17. The number of nitrogens with one attached hydrogen (secondary N) is 1. The van der Waals surface area contributed by atoms with Crippen molar-refractivity contribution in [3.63, 3.8) is 0 Å². The van der Waals surface area contributed by atoms with Crippen molar-refractivity contribution < 1.29 is 17.8 Å². The minimum Gasteiger partial charge on any atom is -0.350 e. The molecule has 0 fully saturated rings. The molecule has 0 aliphatic carbocycles. The van der Waals surface area contributed by atoms with Gasteiger partial charge in [-0.2, -0.15) is 0 Å². The first kappa shape index (κ1) is 15.1. The Balaban J connectivity index is 2.64. The number of rotatable bonds is 9. The van der Waals surface area contributed by atoms with Crippen molar-refractivity contribution >= 4 is 14.7 Å². The van der Waals surface area contributed by atoms with Gasteiger partial charge >= 0.3 is 9.05 Å². The lowest BCUT2D eigenvalue weighted by molar-refractivity contribution is -0.0146. The van der Waals surface area contributed by atoms with Gasteiger partial charge in [0.05, 0.1) is 5.69 Å². The molecule has 1 aromatic rings. The fraction of sp³-hybridized carbons (Fsp3) is 0.500. The highest BCUT2D eigenvalue weighted by molar-refractivity contribution is 6.53. The second kappa shape index (κ2) is 8.23. The molecule has 0 amide bonds. The monoisotopic (exact) mass is 271 g/mol. The average Bonchev–Trinajstić information content (AvgIpc) is 2.39. The normalized spacial score (nSPS) is 11.5. The summed E-state index contributed by atoms with van der Waals surface area (Å²) in [4.78, 5) is 0. The van der Waals surface area contributed by atoms with Crippen LogP contribution in [0.5, 0.6) is 0 Å². The van der Waals surface area contributed by atoms with Crippen LogP contribution in [0.4, 0.5) is 5.69 Å². The van der Waals surface area contributed by atoms with E-state index in [4.69, 9.17) is 17.8 Å². The van der Waals surface area contributed by atoms with Gasteiger partial charge in [-0.1, -0.05) is 18.2 Å². The van der Waals surface area contributed by atoms with Crippen molar-refractivity contribution in [1.82, 2.24) is 0 Å². The molecule has 0 radical (unpaired) electrons. The minimum absolute atomic E-state index is 0.475. The zero-order chi connectivity index (χ0) is 13.3. The van der Waals surface area contributed by atoms with E-state index in [1.807, 2.05) is 51.1 Å². The molecule has 0 aromatic heterocycles. The van der Waals surface area contributed by atoms with Crippen molar-refractivity contribution in [2.75, 3.05) is 25.3 Å². The third kappa shape index (κ3) is 4.75. The lowest BCUT2D eigenvalue weighted by atomic mass is 10.3. The SMILES string of the molecule is CCO[Si](OCC)(OCC)ONc1ccccc1. The van der Waals surface area contributed by atoms with Crippen molar-refractivity contribution in [2.24, 2.45) is 0 Å². The van der Waals surface area contributed by atoms with Crippen LogP contribution in [-0.2, 0) is 17.8 Å². The fourth-order valence-corrected chi connectivity index (χ4v) is 3.10. The highest BCUT2D eigenvalue weighted by Crippen LogP contribution is 2.14. The van der Waals surface area contributed by atoms with Crippen LogP contribution in [0.1, 0.15) is 20.8 Å². The van der Waals surface area contributed by atoms with Crippen LogP contribution in [0, 0.1) is 0 Å². The predicted molar refractivity (Wildman–Crippen MR) is 71.8 cm³/mol. The minimum atomic E-state index is -3.09. The quantitative estimate of drug-likeness (QED) is 0.552. The van der Waals surface area contributed by atoms with Gasteiger partial charge < -0.3 is 13.3 Å². The van der Waals surface area contributed by atoms with E-state index < -0.39 is 9.05 Å². The van der Waals surface area contributed by atoms with E-state index in [2.05, 4.69) is 5.48 Å². The van der Waals surface area contributed by atoms with Gasteiger partial charge in [-0.25, -0.2) is 4.53 Å². The standard InChI is InChI=1S/C12H21NO4Si/c1-4-14-18(15-5-2,16-6-3)17-13-12-10-8-7-9-11-12/h7-11,13H,4-6H2,1-3H3. The topological polar surface area (TPSA) is 49.0 Å². The molecule has 0 saturated heterocycles. The summed E-state index contributed by atoms with van der Waals surface area (Å²) in [5.41, 5.74) is 3.65. The number of benzene rings is 1. The van der Waals surface area contributed by atoms with Crippen molar-refractivity contribution in [1.29, 1.82) is 0 Å². The summed E-state index contributed by atoms with van der Waals surface area (Å²) in [7, 11) is -3.09. The smallest absolute Gasteiger partial charge is 0.350 e. The van der Waals surface area contributed by atoms with E-state index in [1.165, 1.54) is 0 Å². The van der Waals surface area contributed by atoms with Crippen LogP contribution in [0.3, 0.4) is 0 Å². The van der Waals surface area contributed by atoms with E-state index in [0.717, 1.165) is 5.69 Å². The third-order valence-corrected chi connectivity index (χ3v) is 4.31. The first-order valence-corrected chi connectivity index (χ1v) is 7.80. The Bertz CT molecular complexity index is 306. The molecule has 0 aliphatic rings. The molecule has 18 heavy (non-hydrogen) atoms. The zero-order valence-corrected chi connectivity index (χ0v) is 12.1. The van der Waals surface area contributed by atoms with Gasteiger partial charge in [-0.3, -0.25) is 5.48 Å². The second-order valence-corrected chi connectivity index (χ2v) is 5.44. The molecule has 1 aromatic carbocycles. The highest BCUT2D eigenvalue weighted by atomic mass is 28.4. The maximum absolute atomic E-state index is 5.56. The van der Waals surface area contributed by atoms with Gasteiger partial charge in [0.25, 0.3) is 0 Å². The van der Waals surface area contributed by atoms with Crippen molar-refractivity contribution in [2.45, 2.75) is 20.8 Å². The Kier molecular flexibility index (Phi) is 6.92. The van der Waals surface area contributed by atoms with Gasteiger partial charge in [0.15, 0.2) is 0 Å². The molecule has 1 rings (SSSR count). The number of hydrogen-bond donors (Lipinski definition) is 1. The van der Waals surface area contributed by atoms with Gasteiger partial charge in [-0.15, -0.1) is 0 Å². The molecule has 0 aliphatic heterocycles. The van der Waals surface area contributed by atoms with Crippen LogP contribution in [-0.4, -0.2) is 28.9 Å². The van der Waals surface area contributed by atoms with Gasteiger partial charge in [0.2, 0.25) is 0 Å². The summed E-state index contributed by atoms with van der Waals surface area (Å²) in [5, 5.41) is 0. The number of para-hydroxylation sites is 1. The maximum Gasteiger partial charge on any atom is 0.702 e. The molecule has 0 bridgehead atoms. The predicted octanol–water partition coefficient (Wildman–Crippen LogP) is 2.58. The van der Waals surface area contributed by atoms with Crippen molar-refractivity contribution in [3.05, 3.63) is 30.3 Å². The third-order valence-electron chi connectivity index (χ3n) is 2.03. The van der Waals surface area contributed by atoms with Crippen LogP contribution in [0.2, 0.25) is 0 Å². The van der Waals surface area contributed by atoms with E-state index >= 15 is 0 Å². The molecule has 1 N–H and O–H groups in total. The summed E-state index contributed by atoms with van der Waals surface area (Å²) in [6.45, 7) is 7.07. The largest absolute Gasteiger partial charge is 0.702 e. The van der Waals surface area contributed by atoms with Gasteiger partial charge in [0.1, 0.15) is 0 Å². The van der Waals surface area contributed by atoms with Crippen LogP contribution < -0.4 is 5.48 Å². The summed E-state index contributed by atoms with van der Waals surface area (Å²) in [6.07, 6.45) is 0. The molecule has 0 saturated carbocycles. The summed E-state index contributed by atoms with van der Waals surface area (Å²) >= 11 is 0. The molecule has 102 valence electrons. The molecule has 0 unspecified atom stereocenters. The lowest BCUT2D eigenvalue weighted by Crippen LogP contribution is -2.50. The van der Waals surface area contributed by atoms with Gasteiger partial charge in [0, 0.05) is 19.8 Å². The molecular formula is C12H21NO4Si. The lowest BCUT2D eigenvalue weighted by Gasteiger charge is -2.26. The Labute approximate surface area is 109 Å². The summed E-state index contributed by atoms with van der Waals surface area (Å²) < 4.78 is 22.2. The van der Waals surface area contributed by atoms with E-state index in [-0.39, 0.29) is 0 Å². The first-order chi connectivity index (χ1) is 8.76. The Morgan fingerprint density at radius 1 is 0.889 bits per heavy atom. The van der Waals surface area contributed by atoms with E-state index in [0.29, 0.717) is 19.8 Å². The zero-order valence-electron chi connectivity index (χ0n) is 11.1. The van der Waals surface area contributed by atoms with Gasteiger partial charge in [-0.05, 0) is 32.9 Å². The molecule has 5 nitrogen and oxygen atoms in total. The van der Waals surface area contributed by atoms with Crippen LogP contribution in [0.15, 0.2) is 30.3 Å². The van der Waals surface area contributed by atoms with E-state index in [9.17, 15) is 0 Å². The fourth-order valence-electron chi connectivity index (χ4n) is 1.37. The van der Waals surface area contributed by atoms with Crippen LogP contribution in [0.25, 0.3) is 0 Å². The number of hydrogen-bond acceptors (Lipinski definition) is 5. The Morgan fingerprint density at radius 2 is 1.39 bits per heavy atom. The second-order valence-electron chi connectivity index (χ2n) is 3.37. The molecule has 0 spiro atoms. The molecular weight excluding hydrogens is 250 g/mol. The summed E-state index contributed by atoms with van der Waals surface area (Å²) in [6, 6.07) is 9.55. The molecule has 0 atom stereocenters. The Hall–Kier alpha value is -0.923. The van der Waals surface area contributed by atoms with E-state index in [1.54, 1.807) is 0 Å². The summed E-state index contributed by atoms with van der Waals surface area (Å²) in [5.74, 6) is 0. The molecule has 0 heterocycles. The Morgan fingerprint density at radius 3 is 1.83 bits per heavy atom. The number of anilines is 1.